The van der Waals surface area contributed by atoms with Gasteiger partial charge >= 0.3 is 5.97 Å². The first kappa shape index (κ1) is 25.3. The number of nitrogens with one attached hydrogen (secondary N) is 1. The molecule has 0 aliphatic rings. The molecule has 4 aromatic rings. The first-order chi connectivity index (χ1) is 17.0. The molecule has 0 unspecified atom stereocenters. The van der Waals surface area contributed by atoms with Gasteiger partial charge in [-0.25, -0.2) is 4.79 Å². The van der Waals surface area contributed by atoms with E-state index in [2.05, 4.69) is 31.2 Å². The van der Waals surface area contributed by atoms with Crippen LogP contribution in [0.2, 0.25) is 0 Å². The molecule has 0 saturated heterocycles. The summed E-state index contributed by atoms with van der Waals surface area (Å²) in [4.78, 5) is 39.4. The molecule has 4 rings (SSSR count). The third-order valence-corrected chi connectivity index (χ3v) is 6.99. The Kier molecular flexibility index (Phi) is 6.82. The fourth-order valence-corrected chi connectivity index (χ4v) is 4.75. The van der Waals surface area contributed by atoms with Crippen LogP contribution in [-0.4, -0.2) is 28.3 Å². The zero-order valence-corrected chi connectivity index (χ0v) is 22.1. The highest BCUT2D eigenvalue weighted by Gasteiger charge is 2.24. The molecule has 1 amide bonds. The van der Waals surface area contributed by atoms with Crippen LogP contribution in [-0.2, 0) is 10.2 Å². The molecular formula is C28H29N3O4S. The number of benzene rings is 2. The summed E-state index contributed by atoms with van der Waals surface area (Å²) in [6.07, 6.45) is 0. The maximum absolute atomic E-state index is 13.6. The Morgan fingerprint density at radius 2 is 1.75 bits per heavy atom. The number of aromatic nitrogens is 2. The van der Waals surface area contributed by atoms with Crippen LogP contribution in [0.3, 0.4) is 0 Å². The second kappa shape index (κ2) is 9.70. The number of ether oxygens (including phenoxy) is 1. The number of rotatable bonds is 5. The van der Waals surface area contributed by atoms with Crippen molar-refractivity contribution in [1.29, 1.82) is 0 Å². The highest BCUT2D eigenvalue weighted by Crippen LogP contribution is 2.31. The van der Waals surface area contributed by atoms with Crippen molar-refractivity contribution in [3.63, 3.8) is 0 Å². The minimum Gasteiger partial charge on any atom is -0.461 e. The van der Waals surface area contributed by atoms with Crippen molar-refractivity contribution in [2.75, 3.05) is 11.9 Å². The zero-order valence-electron chi connectivity index (χ0n) is 21.3. The first-order valence-electron chi connectivity index (χ1n) is 11.7. The number of amides is 1. The molecule has 0 bridgehead atoms. The van der Waals surface area contributed by atoms with Crippen molar-refractivity contribution in [3.05, 3.63) is 86.1 Å². The maximum atomic E-state index is 13.6. The predicted octanol–water partition coefficient (Wildman–Crippen LogP) is 5.79. The van der Waals surface area contributed by atoms with E-state index in [1.54, 1.807) is 30.5 Å². The van der Waals surface area contributed by atoms with E-state index in [4.69, 9.17) is 4.74 Å². The fraction of sp³-hybridized carbons (Fsp3) is 0.286. The smallest absolute Gasteiger partial charge is 0.359 e. The monoisotopic (exact) mass is 503 g/mol. The molecule has 2 aromatic carbocycles. The van der Waals surface area contributed by atoms with E-state index in [-0.39, 0.29) is 29.0 Å². The number of fused-ring (bicyclic) bond motifs is 1. The Bertz CT molecular complexity index is 1530. The minimum absolute atomic E-state index is 0.0240. The molecule has 1 N–H and O–H groups in total. The number of carbonyl (C=O) groups excluding carboxylic acids is 2. The van der Waals surface area contributed by atoms with Crippen LogP contribution in [0.4, 0.5) is 5.00 Å². The quantitative estimate of drug-likeness (QED) is 0.348. The average Bonchev–Trinajstić information content (AvgIpc) is 3.25. The molecule has 7 nitrogen and oxygen atoms in total. The highest BCUT2D eigenvalue weighted by atomic mass is 32.1. The van der Waals surface area contributed by atoms with Gasteiger partial charge in [-0.05, 0) is 67.1 Å². The number of aryl methyl sites for hydroxylation is 2. The van der Waals surface area contributed by atoms with E-state index in [1.165, 1.54) is 16.0 Å². The van der Waals surface area contributed by atoms with E-state index in [0.717, 1.165) is 16.7 Å². The summed E-state index contributed by atoms with van der Waals surface area (Å²) < 4.78 is 6.40. The second-order valence-corrected chi connectivity index (χ2v) is 10.6. The maximum Gasteiger partial charge on any atom is 0.359 e. The molecule has 8 heteroatoms. The largest absolute Gasteiger partial charge is 0.461 e. The molecule has 2 heterocycles. The third kappa shape index (κ3) is 4.81. The van der Waals surface area contributed by atoms with Crippen LogP contribution >= 0.6 is 11.3 Å². The topological polar surface area (TPSA) is 90.3 Å². The molecule has 0 aliphatic heterocycles. The summed E-state index contributed by atoms with van der Waals surface area (Å²) in [5, 5.41) is 9.80. The first-order valence-corrected chi connectivity index (χ1v) is 12.6. The Labute approximate surface area is 213 Å². The number of anilines is 1. The third-order valence-electron chi connectivity index (χ3n) is 6.10. The summed E-state index contributed by atoms with van der Waals surface area (Å²) in [6, 6.07) is 12.9. The van der Waals surface area contributed by atoms with Crippen LogP contribution in [0, 0.1) is 13.8 Å². The standard InChI is InChI=1S/C28H29N3O4S/c1-7-35-27(34)23-21-15-36-25(29-24(32)18-9-11-19(12-10-18)28(4,5)6)22(21)26(33)31(30-23)20-13-8-16(2)17(3)14-20/h8-15H,7H2,1-6H3,(H,29,32). The summed E-state index contributed by atoms with van der Waals surface area (Å²) in [5.74, 6) is -0.973. The summed E-state index contributed by atoms with van der Waals surface area (Å²) in [7, 11) is 0. The van der Waals surface area contributed by atoms with Gasteiger partial charge in [-0.15, -0.1) is 11.3 Å². The van der Waals surface area contributed by atoms with Crippen molar-refractivity contribution < 1.29 is 14.3 Å². The predicted molar refractivity (Wildman–Crippen MR) is 144 cm³/mol. The van der Waals surface area contributed by atoms with E-state index < -0.39 is 11.5 Å². The molecule has 0 atom stereocenters. The summed E-state index contributed by atoms with van der Waals surface area (Å²) >= 11 is 1.17. The molecule has 0 spiro atoms. The molecule has 2 aromatic heterocycles. The minimum atomic E-state index is -0.631. The van der Waals surface area contributed by atoms with Crippen LogP contribution < -0.4 is 10.9 Å². The van der Waals surface area contributed by atoms with Gasteiger partial charge in [-0.3, -0.25) is 9.59 Å². The van der Waals surface area contributed by atoms with E-state index in [0.29, 0.717) is 21.6 Å². The summed E-state index contributed by atoms with van der Waals surface area (Å²) in [6.45, 7) is 12.1. The molecule has 0 radical (unpaired) electrons. The van der Waals surface area contributed by atoms with Crippen LogP contribution in [0.1, 0.15) is 65.2 Å². The normalized spacial score (nSPS) is 11.5. The van der Waals surface area contributed by atoms with Gasteiger partial charge in [0.05, 0.1) is 17.7 Å². The van der Waals surface area contributed by atoms with Gasteiger partial charge in [-0.2, -0.15) is 9.78 Å². The van der Waals surface area contributed by atoms with Crippen LogP contribution in [0.25, 0.3) is 16.5 Å². The van der Waals surface area contributed by atoms with Gasteiger partial charge in [0.15, 0.2) is 5.69 Å². The Morgan fingerprint density at radius 1 is 1.06 bits per heavy atom. The van der Waals surface area contributed by atoms with Gasteiger partial charge in [0.25, 0.3) is 11.5 Å². The number of esters is 1. The lowest BCUT2D eigenvalue weighted by Gasteiger charge is -2.19. The fourth-order valence-electron chi connectivity index (χ4n) is 3.82. The lowest BCUT2D eigenvalue weighted by atomic mass is 9.87. The van der Waals surface area contributed by atoms with Crippen molar-refractivity contribution in [2.45, 2.75) is 47.0 Å². The molecule has 186 valence electrons. The van der Waals surface area contributed by atoms with E-state index >= 15 is 0 Å². The molecular weight excluding hydrogens is 474 g/mol. The van der Waals surface area contributed by atoms with Crippen LogP contribution in [0.5, 0.6) is 0 Å². The number of carbonyl (C=O) groups is 2. The number of thiophene rings is 1. The van der Waals surface area contributed by atoms with Gasteiger partial charge < -0.3 is 10.1 Å². The van der Waals surface area contributed by atoms with Crippen molar-refractivity contribution in [1.82, 2.24) is 9.78 Å². The molecule has 0 saturated carbocycles. The molecule has 0 fully saturated rings. The average molecular weight is 504 g/mol. The van der Waals surface area contributed by atoms with Crippen LogP contribution in [0.15, 0.2) is 52.6 Å². The lowest BCUT2D eigenvalue weighted by Crippen LogP contribution is -2.25. The Hall–Kier alpha value is -3.78. The van der Waals surface area contributed by atoms with Gasteiger partial charge in [0.1, 0.15) is 5.00 Å². The second-order valence-electron chi connectivity index (χ2n) is 9.69. The van der Waals surface area contributed by atoms with Crippen molar-refractivity contribution >= 4 is 39.0 Å². The number of nitrogens with zero attached hydrogens (tertiary/aromatic N) is 2. The Balaban J connectivity index is 1.82. The SMILES string of the molecule is CCOC(=O)c1nn(-c2ccc(C)c(C)c2)c(=O)c2c(NC(=O)c3ccc(C(C)(C)C)cc3)scc12. The Morgan fingerprint density at radius 3 is 2.36 bits per heavy atom. The van der Waals surface area contributed by atoms with E-state index in [9.17, 15) is 14.4 Å². The van der Waals surface area contributed by atoms with Gasteiger partial charge in [0.2, 0.25) is 0 Å². The van der Waals surface area contributed by atoms with Crippen molar-refractivity contribution in [2.24, 2.45) is 0 Å². The van der Waals surface area contributed by atoms with E-state index in [1.807, 2.05) is 38.1 Å². The van der Waals surface area contributed by atoms with Gasteiger partial charge in [-0.1, -0.05) is 39.0 Å². The zero-order chi connectivity index (χ0) is 26.2. The van der Waals surface area contributed by atoms with Gasteiger partial charge in [0, 0.05) is 16.3 Å². The van der Waals surface area contributed by atoms with Crippen molar-refractivity contribution in [3.8, 4) is 5.69 Å². The highest BCUT2D eigenvalue weighted by molar-refractivity contribution is 7.16. The summed E-state index contributed by atoms with van der Waals surface area (Å²) in [5.41, 5.74) is 3.72. The number of hydrogen-bond acceptors (Lipinski definition) is 6. The molecule has 0 aliphatic carbocycles. The lowest BCUT2D eigenvalue weighted by molar-refractivity contribution is 0.0520. The molecule has 36 heavy (non-hydrogen) atoms. The number of hydrogen-bond donors (Lipinski definition) is 1.